The third-order valence-electron chi connectivity index (χ3n) is 4.04. The van der Waals surface area contributed by atoms with Crippen LogP contribution < -0.4 is 10.6 Å². The van der Waals surface area contributed by atoms with Crippen molar-refractivity contribution in [3.8, 4) is 5.69 Å². The minimum Gasteiger partial charge on any atom is -0.320 e. The molecule has 0 saturated carbocycles. The molecule has 6 nitrogen and oxygen atoms in total. The average molecular weight is 358 g/mol. The van der Waals surface area contributed by atoms with E-state index in [0.717, 1.165) is 23.4 Å². The summed E-state index contributed by atoms with van der Waals surface area (Å²) in [6.07, 6.45) is 1.37. The van der Waals surface area contributed by atoms with Crippen molar-refractivity contribution >= 4 is 23.2 Å². The van der Waals surface area contributed by atoms with Gasteiger partial charge in [0.1, 0.15) is 5.69 Å². The Morgan fingerprint density at radius 2 is 2.08 bits per heavy atom. The number of nitrogens with one attached hydrogen (secondary N) is 2. The number of anilines is 1. The molecule has 25 heavy (non-hydrogen) atoms. The zero-order chi connectivity index (χ0) is 17.4. The second kappa shape index (κ2) is 6.27. The molecule has 3 aromatic rings. The number of halogens is 2. The minimum atomic E-state index is -0.618. The molecule has 2 aromatic carbocycles. The Morgan fingerprint density at radius 3 is 2.96 bits per heavy atom. The lowest BCUT2D eigenvalue weighted by Gasteiger charge is -2.08. The fourth-order valence-corrected chi connectivity index (χ4v) is 2.96. The Labute approximate surface area is 147 Å². The van der Waals surface area contributed by atoms with Crippen molar-refractivity contribution in [1.29, 1.82) is 0 Å². The van der Waals surface area contributed by atoms with Crippen LogP contribution in [-0.4, -0.2) is 20.9 Å². The first-order chi connectivity index (χ1) is 12.1. The van der Waals surface area contributed by atoms with E-state index in [9.17, 15) is 9.18 Å². The zero-order valence-corrected chi connectivity index (χ0v) is 13.7. The van der Waals surface area contributed by atoms with Crippen molar-refractivity contribution in [3.05, 3.63) is 70.3 Å². The van der Waals surface area contributed by atoms with Gasteiger partial charge in [-0.1, -0.05) is 35.0 Å². The number of benzene rings is 2. The Morgan fingerprint density at radius 1 is 1.24 bits per heavy atom. The van der Waals surface area contributed by atoms with Crippen LogP contribution in [-0.2, 0) is 13.1 Å². The Kier molecular flexibility index (Phi) is 3.95. The number of carbonyl (C=O) groups excluding carboxylic acids is 1. The Bertz CT molecular complexity index is 971. The summed E-state index contributed by atoms with van der Waals surface area (Å²) in [6, 6.07) is 10.3. The van der Waals surface area contributed by atoms with Crippen LogP contribution in [0.2, 0.25) is 5.02 Å². The standard InChI is InChI=1S/C17H13ClFN5O/c18-12-4-2-6-15(16(12)19)24-9-14(22-23-24)17(25)21-13-5-1-3-10-7-20-8-11(10)13/h1-6,9,20H,7-8H2,(H,21,25). The summed E-state index contributed by atoms with van der Waals surface area (Å²) in [7, 11) is 0. The lowest BCUT2D eigenvalue weighted by Crippen LogP contribution is -2.14. The van der Waals surface area contributed by atoms with E-state index < -0.39 is 11.7 Å². The largest absolute Gasteiger partial charge is 0.320 e. The van der Waals surface area contributed by atoms with E-state index in [4.69, 9.17) is 11.6 Å². The number of amides is 1. The van der Waals surface area contributed by atoms with E-state index in [1.807, 2.05) is 18.2 Å². The summed E-state index contributed by atoms with van der Waals surface area (Å²) in [4.78, 5) is 12.4. The SMILES string of the molecule is O=C(Nc1cccc2c1CNC2)c1cn(-c2cccc(Cl)c2F)nn1. The van der Waals surface area contributed by atoms with Crippen LogP contribution in [0.4, 0.5) is 10.1 Å². The highest BCUT2D eigenvalue weighted by atomic mass is 35.5. The van der Waals surface area contributed by atoms with Gasteiger partial charge in [0.2, 0.25) is 0 Å². The topological polar surface area (TPSA) is 71.8 Å². The Hall–Kier alpha value is -2.77. The van der Waals surface area contributed by atoms with Crippen molar-refractivity contribution in [2.24, 2.45) is 0 Å². The maximum absolute atomic E-state index is 14.1. The molecule has 0 radical (unpaired) electrons. The van der Waals surface area contributed by atoms with Crippen LogP contribution in [0.1, 0.15) is 21.6 Å². The molecule has 0 aliphatic carbocycles. The fourth-order valence-electron chi connectivity index (χ4n) is 2.79. The van der Waals surface area contributed by atoms with Gasteiger partial charge >= 0.3 is 0 Å². The molecule has 126 valence electrons. The fraction of sp³-hybridized carbons (Fsp3) is 0.118. The molecule has 4 rings (SSSR count). The van der Waals surface area contributed by atoms with Crippen molar-refractivity contribution < 1.29 is 9.18 Å². The van der Waals surface area contributed by atoms with Crippen LogP contribution in [0.15, 0.2) is 42.6 Å². The van der Waals surface area contributed by atoms with Crippen LogP contribution in [0, 0.1) is 5.82 Å². The molecule has 2 heterocycles. The molecule has 1 aromatic heterocycles. The summed E-state index contributed by atoms with van der Waals surface area (Å²) in [6.45, 7) is 1.48. The molecular formula is C17H13ClFN5O. The molecule has 0 fully saturated rings. The molecule has 8 heteroatoms. The van der Waals surface area contributed by atoms with Crippen LogP contribution >= 0.6 is 11.6 Å². The van der Waals surface area contributed by atoms with E-state index in [2.05, 4.69) is 20.9 Å². The summed E-state index contributed by atoms with van der Waals surface area (Å²) in [5.74, 6) is -1.03. The summed E-state index contributed by atoms with van der Waals surface area (Å²) >= 11 is 5.77. The first-order valence-corrected chi connectivity index (χ1v) is 8.01. The molecule has 2 N–H and O–H groups in total. The van der Waals surface area contributed by atoms with Gasteiger partial charge in [-0.3, -0.25) is 4.79 Å². The predicted octanol–water partition coefficient (Wildman–Crippen LogP) is 2.92. The molecular weight excluding hydrogens is 345 g/mol. The van der Waals surface area contributed by atoms with E-state index in [0.29, 0.717) is 6.54 Å². The second-order valence-electron chi connectivity index (χ2n) is 5.62. The number of fused-ring (bicyclic) bond motifs is 1. The number of carbonyl (C=O) groups is 1. The van der Waals surface area contributed by atoms with E-state index in [1.54, 1.807) is 6.07 Å². The Balaban J connectivity index is 1.59. The van der Waals surface area contributed by atoms with Crippen molar-refractivity contribution in [2.75, 3.05) is 5.32 Å². The van der Waals surface area contributed by atoms with Gasteiger partial charge in [0.15, 0.2) is 11.5 Å². The van der Waals surface area contributed by atoms with E-state index in [-0.39, 0.29) is 16.4 Å². The predicted molar refractivity (Wildman–Crippen MR) is 91.3 cm³/mol. The lowest BCUT2D eigenvalue weighted by molar-refractivity contribution is 0.102. The number of aromatic nitrogens is 3. The third kappa shape index (κ3) is 2.88. The molecule has 0 unspecified atom stereocenters. The van der Waals surface area contributed by atoms with Gasteiger partial charge in [-0.05, 0) is 29.3 Å². The summed E-state index contributed by atoms with van der Waals surface area (Å²) < 4.78 is 15.3. The zero-order valence-electron chi connectivity index (χ0n) is 13.0. The second-order valence-corrected chi connectivity index (χ2v) is 6.03. The molecule has 0 spiro atoms. The van der Waals surface area contributed by atoms with E-state index in [1.165, 1.54) is 23.0 Å². The molecule has 1 aliphatic heterocycles. The van der Waals surface area contributed by atoms with Gasteiger partial charge in [-0.25, -0.2) is 9.07 Å². The van der Waals surface area contributed by atoms with Gasteiger partial charge in [-0.2, -0.15) is 0 Å². The van der Waals surface area contributed by atoms with Crippen LogP contribution in [0.3, 0.4) is 0 Å². The van der Waals surface area contributed by atoms with Gasteiger partial charge in [-0.15, -0.1) is 5.10 Å². The molecule has 0 atom stereocenters. The van der Waals surface area contributed by atoms with Crippen molar-refractivity contribution in [2.45, 2.75) is 13.1 Å². The quantitative estimate of drug-likeness (QED) is 0.756. The van der Waals surface area contributed by atoms with E-state index >= 15 is 0 Å². The van der Waals surface area contributed by atoms with Crippen LogP contribution in [0.25, 0.3) is 5.69 Å². The smallest absolute Gasteiger partial charge is 0.277 e. The average Bonchev–Trinajstić information content (AvgIpc) is 3.27. The highest BCUT2D eigenvalue weighted by molar-refractivity contribution is 6.30. The summed E-state index contributed by atoms with van der Waals surface area (Å²) in [5.41, 5.74) is 3.16. The first kappa shape index (κ1) is 15.7. The van der Waals surface area contributed by atoms with Crippen molar-refractivity contribution in [3.63, 3.8) is 0 Å². The normalized spacial score (nSPS) is 12.9. The van der Waals surface area contributed by atoms with Crippen LogP contribution in [0.5, 0.6) is 0 Å². The van der Waals surface area contributed by atoms with Gasteiger partial charge in [0.25, 0.3) is 5.91 Å². The molecule has 0 saturated heterocycles. The number of hydrogen-bond donors (Lipinski definition) is 2. The number of rotatable bonds is 3. The van der Waals surface area contributed by atoms with Gasteiger partial charge < -0.3 is 10.6 Å². The monoisotopic (exact) mass is 357 g/mol. The molecule has 0 bridgehead atoms. The third-order valence-corrected chi connectivity index (χ3v) is 4.33. The van der Waals surface area contributed by atoms with Crippen molar-refractivity contribution in [1.82, 2.24) is 20.3 Å². The maximum Gasteiger partial charge on any atom is 0.277 e. The lowest BCUT2D eigenvalue weighted by atomic mass is 10.1. The maximum atomic E-state index is 14.1. The minimum absolute atomic E-state index is 0.0219. The highest BCUT2D eigenvalue weighted by Crippen LogP contribution is 2.25. The number of hydrogen-bond acceptors (Lipinski definition) is 4. The van der Waals surface area contributed by atoms with Gasteiger partial charge in [0.05, 0.1) is 11.2 Å². The highest BCUT2D eigenvalue weighted by Gasteiger charge is 2.18. The first-order valence-electron chi connectivity index (χ1n) is 7.63. The number of nitrogens with zero attached hydrogens (tertiary/aromatic N) is 3. The molecule has 1 aliphatic rings. The summed E-state index contributed by atoms with van der Waals surface area (Å²) in [5, 5.41) is 13.7. The molecule has 1 amide bonds. The van der Waals surface area contributed by atoms with Gasteiger partial charge in [0, 0.05) is 18.8 Å².